The largest absolute Gasteiger partial charge is 0.494 e. The molecule has 0 radical (unpaired) electrons. The molecule has 2 aromatic carbocycles. The second-order valence-corrected chi connectivity index (χ2v) is 8.77. The summed E-state index contributed by atoms with van der Waals surface area (Å²) in [6, 6.07) is 13.4. The number of para-hydroxylation sites is 2. The fraction of sp³-hybridized carbons (Fsp3) is 0.188. The quantitative estimate of drug-likeness (QED) is 0.553. The lowest BCUT2D eigenvalue weighted by atomic mass is 10.3. The maximum Gasteiger partial charge on any atom is 0.214 e. The SMILES string of the molecule is COc1ccccc1-n1nnnc1SCCS(=O)(=O)c1ccc(Cl)cc1. The van der Waals surface area contributed by atoms with E-state index in [-0.39, 0.29) is 10.6 Å². The van der Waals surface area contributed by atoms with Gasteiger partial charge in [0.1, 0.15) is 11.4 Å². The number of hydrogen-bond donors (Lipinski definition) is 0. The van der Waals surface area contributed by atoms with E-state index in [9.17, 15) is 8.42 Å². The summed E-state index contributed by atoms with van der Waals surface area (Å²) >= 11 is 7.06. The van der Waals surface area contributed by atoms with E-state index >= 15 is 0 Å². The van der Waals surface area contributed by atoms with E-state index < -0.39 is 9.84 Å². The van der Waals surface area contributed by atoms with Crippen LogP contribution in [0.3, 0.4) is 0 Å². The first-order valence-electron chi connectivity index (χ1n) is 7.54. The Bertz CT molecular complexity index is 991. The van der Waals surface area contributed by atoms with Gasteiger partial charge in [-0.3, -0.25) is 0 Å². The zero-order valence-electron chi connectivity index (χ0n) is 13.7. The Morgan fingerprint density at radius 2 is 1.88 bits per heavy atom. The monoisotopic (exact) mass is 410 g/mol. The predicted octanol–water partition coefficient (Wildman–Crippen LogP) is 2.89. The number of ether oxygens (including phenoxy) is 1. The second-order valence-electron chi connectivity index (χ2n) is 5.17. The van der Waals surface area contributed by atoms with Gasteiger partial charge in [-0.25, -0.2) is 8.42 Å². The van der Waals surface area contributed by atoms with E-state index in [2.05, 4.69) is 15.5 Å². The van der Waals surface area contributed by atoms with Gasteiger partial charge in [-0.1, -0.05) is 35.5 Å². The van der Waals surface area contributed by atoms with Crippen LogP contribution >= 0.6 is 23.4 Å². The van der Waals surface area contributed by atoms with E-state index in [1.165, 1.54) is 28.6 Å². The van der Waals surface area contributed by atoms with Gasteiger partial charge in [0, 0.05) is 10.8 Å². The third-order valence-electron chi connectivity index (χ3n) is 3.51. The summed E-state index contributed by atoms with van der Waals surface area (Å²) in [6.07, 6.45) is 0. The maximum atomic E-state index is 12.4. The van der Waals surface area contributed by atoms with Crippen LogP contribution in [0.4, 0.5) is 0 Å². The van der Waals surface area contributed by atoms with Crippen molar-refractivity contribution in [1.29, 1.82) is 0 Å². The van der Waals surface area contributed by atoms with Gasteiger partial charge in [0.2, 0.25) is 5.16 Å². The highest BCUT2D eigenvalue weighted by Crippen LogP contribution is 2.26. The molecule has 0 bridgehead atoms. The lowest BCUT2D eigenvalue weighted by Gasteiger charge is -2.09. The van der Waals surface area contributed by atoms with Crippen molar-refractivity contribution in [3.05, 3.63) is 53.6 Å². The smallest absolute Gasteiger partial charge is 0.214 e. The Kier molecular flexibility index (Phi) is 5.80. The van der Waals surface area contributed by atoms with Crippen LogP contribution in [0.2, 0.25) is 5.02 Å². The van der Waals surface area contributed by atoms with Crippen molar-refractivity contribution in [2.45, 2.75) is 10.1 Å². The Hall–Kier alpha value is -2.10. The number of tetrazole rings is 1. The zero-order chi connectivity index (χ0) is 18.6. The van der Waals surface area contributed by atoms with Crippen LogP contribution < -0.4 is 4.74 Å². The fourth-order valence-electron chi connectivity index (χ4n) is 2.23. The van der Waals surface area contributed by atoms with E-state index in [1.807, 2.05) is 18.2 Å². The highest BCUT2D eigenvalue weighted by atomic mass is 35.5. The topological polar surface area (TPSA) is 87.0 Å². The zero-order valence-corrected chi connectivity index (χ0v) is 16.1. The average Bonchev–Trinajstić information content (AvgIpc) is 3.10. The Labute approximate surface area is 160 Å². The molecule has 0 amide bonds. The van der Waals surface area contributed by atoms with E-state index in [4.69, 9.17) is 16.3 Å². The Morgan fingerprint density at radius 3 is 2.62 bits per heavy atom. The lowest BCUT2D eigenvalue weighted by Crippen LogP contribution is -2.09. The number of benzene rings is 2. The van der Waals surface area contributed by atoms with Gasteiger partial charge >= 0.3 is 0 Å². The van der Waals surface area contributed by atoms with Gasteiger partial charge < -0.3 is 4.74 Å². The fourth-order valence-corrected chi connectivity index (χ4v) is 4.88. The third kappa shape index (κ3) is 4.17. The number of sulfone groups is 1. The molecular weight excluding hydrogens is 396 g/mol. The van der Waals surface area contributed by atoms with Crippen LogP contribution in [0.15, 0.2) is 58.6 Å². The van der Waals surface area contributed by atoms with Crippen LogP contribution in [0.25, 0.3) is 5.69 Å². The molecule has 0 N–H and O–H groups in total. The summed E-state index contributed by atoms with van der Waals surface area (Å²) in [4.78, 5) is 0.242. The molecular formula is C16H15ClN4O3S2. The highest BCUT2D eigenvalue weighted by molar-refractivity contribution is 8.00. The van der Waals surface area contributed by atoms with Crippen LogP contribution in [-0.4, -0.2) is 47.2 Å². The summed E-state index contributed by atoms with van der Waals surface area (Å²) < 4.78 is 31.6. The molecule has 0 aliphatic rings. The summed E-state index contributed by atoms with van der Waals surface area (Å²) in [6.45, 7) is 0. The number of thioether (sulfide) groups is 1. The number of methoxy groups -OCH3 is 1. The van der Waals surface area contributed by atoms with E-state index in [1.54, 1.807) is 25.3 Å². The van der Waals surface area contributed by atoms with Crippen molar-refractivity contribution in [1.82, 2.24) is 20.2 Å². The molecule has 7 nitrogen and oxygen atoms in total. The Morgan fingerprint density at radius 1 is 1.15 bits per heavy atom. The number of rotatable bonds is 7. The van der Waals surface area contributed by atoms with Gasteiger partial charge in [0.05, 0.1) is 17.8 Å². The van der Waals surface area contributed by atoms with Crippen molar-refractivity contribution in [3.63, 3.8) is 0 Å². The summed E-state index contributed by atoms with van der Waals surface area (Å²) in [5.41, 5.74) is 0.683. The maximum absolute atomic E-state index is 12.4. The van der Waals surface area contributed by atoms with Crippen molar-refractivity contribution in [2.24, 2.45) is 0 Å². The minimum Gasteiger partial charge on any atom is -0.494 e. The normalized spacial score (nSPS) is 11.5. The van der Waals surface area contributed by atoms with Gasteiger partial charge in [-0.2, -0.15) is 4.68 Å². The number of aromatic nitrogens is 4. The van der Waals surface area contributed by atoms with Crippen LogP contribution in [0, 0.1) is 0 Å². The molecule has 0 aliphatic heterocycles. The van der Waals surface area contributed by atoms with Crippen molar-refractivity contribution >= 4 is 33.2 Å². The first kappa shape index (κ1) is 18.7. The van der Waals surface area contributed by atoms with E-state index in [0.717, 1.165) is 0 Å². The van der Waals surface area contributed by atoms with Gasteiger partial charge in [-0.05, 0) is 46.8 Å². The molecule has 26 heavy (non-hydrogen) atoms. The molecule has 3 rings (SSSR count). The number of hydrogen-bond acceptors (Lipinski definition) is 7. The minimum atomic E-state index is -3.40. The van der Waals surface area contributed by atoms with Crippen molar-refractivity contribution in [2.75, 3.05) is 18.6 Å². The number of nitrogens with zero attached hydrogens (tertiary/aromatic N) is 4. The van der Waals surface area contributed by atoms with Crippen LogP contribution in [0.5, 0.6) is 5.75 Å². The second kappa shape index (κ2) is 8.07. The molecule has 0 spiro atoms. The summed E-state index contributed by atoms with van der Waals surface area (Å²) in [5, 5.41) is 12.6. The van der Waals surface area contributed by atoms with Crippen LogP contribution in [0.1, 0.15) is 0 Å². The van der Waals surface area contributed by atoms with E-state index in [0.29, 0.717) is 27.4 Å². The molecule has 0 fully saturated rings. The molecule has 136 valence electrons. The standard InChI is InChI=1S/C16H15ClN4O3S2/c1-24-15-5-3-2-4-14(15)21-16(18-19-20-21)25-10-11-26(22,23)13-8-6-12(17)7-9-13/h2-9H,10-11H2,1H3. The molecule has 0 saturated carbocycles. The third-order valence-corrected chi connectivity index (χ3v) is 6.67. The lowest BCUT2D eigenvalue weighted by molar-refractivity contribution is 0.410. The summed E-state index contributed by atoms with van der Waals surface area (Å²) in [5.74, 6) is 0.883. The average molecular weight is 411 g/mol. The van der Waals surface area contributed by atoms with Crippen molar-refractivity contribution < 1.29 is 13.2 Å². The molecule has 0 saturated heterocycles. The molecule has 0 atom stereocenters. The molecule has 3 aromatic rings. The molecule has 0 unspecified atom stereocenters. The van der Waals surface area contributed by atoms with Gasteiger partial charge in [-0.15, -0.1) is 5.10 Å². The molecule has 0 aliphatic carbocycles. The molecule has 1 aromatic heterocycles. The van der Waals surface area contributed by atoms with Crippen LogP contribution in [-0.2, 0) is 9.84 Å². The predicted molar refractivity (Wildman–Crippen MR) is 99.9 cm³/mol. The van der Waals surface area contributed by atoms with Crippen molar-refractivity contribution in [3.8, 4) is 11.4 Å². The molecule has 10 heteroatoms. The Balaban J connectivity index is 1.72. The van der Waals surface area contributed by atoms with Gasteiger partial charge in [0.25, 0.3) is 0 Å². The molecule has 1 heterocycles. The van der Waals surface area contributed by atoms with Gasteiger partial charge in [0.15, 0.2) is 9.84 Å². The number of halogens is 1. The first-order chi connectivity index (χ1) is 12.5. The summed E-state index contributed by atoms with van der Waals surface area (Å²) in [7, 11) is -1.84. The highest BCUT2D eigenvalue weighted by Gasteiger charge is 2.17. The first-order valence-corrected chi connectivity index (χ1v) is 10.6. The minimum absolute atomic E-state index is 0.0436.